The summed E-state index contributed by atoms with van der Waals surface area (Å²) in [5.41, 5.74) is 0.604. The van der Waals surface area contributed by atoms with Gasteiger partial charge in [0.2, 0.25) is 0 Å². The Balaban J connectivity index is 2.83. The maximum Gasteiger partial charge on any atom is 0.432 e. The Labute approximate surface area is 92.8 Å². The fourth-order valence-electron chi connectivity index (χ4n) is 1.01. The summed E-state index contributed by atoms with van der Waals surface area (Å²) >= 11 is 0. The van der Waals surface area contributed by atoms with E-state index in [1.165, 1.54) is 38.5 Å². The van der Waals surface area contributed by atoms with Crippen LogP contribution in [0.15, 0.2) is 24.3 Å². The first kappa shape index (κ1) is 12.7. The van der Waals surface area contributed by atoms with Crippen LogP contribution in [0.25, 0.3) is 0 Å². The van der Waals surface area contributed by atoms with Gasteiger partial charge in [-0.25, -0.2) is 9.36 Å². The second-order valence-electron chi connectivity index (χ2n) is 2.86. The third kappa shape index (κ3) is 3.06. The van der Waals surface area contributed by atoms with E-state index < -0.39 is 13.7 Å². The van der Waals surface area contributed by atoms with Gasteiger partial charge in [-0.05, 0) is 24.3 Å². The van der Waals surface area contributed by atoms with Crippen LogP contribution in [0.4, 0.5) is 5.69 Å². The lowest BCUT2D eigenvalue weighted by Crippen LogP contribution is -2.01. The molecular formula is C9H12NO5P. The molecule has 0 spiro atoms. The average Bonchev–Trinajstić information content (AvgIpc) is 2.29. The van der Waals surface area contributed by atoms with Gasteiger partial charge in [-0.15, -0.1) is 0 Å². The Hall–Kier alpha value is -1.36. The van der Waals surface area contributed by atoms with E-state index in [4.69, 9.17) is 5.11 Å². The molecule has 0 saturated carbocycles. The van der Waals surface area contributed by atoms with Gasteiger partial charge < -0.3 is 5.11 Å². The minimum Gasteiger partial charge on any atom is -0.478 e. The van der Waals surface area contributed by atoms with Crippen LogP contribution < -0.4 is 5.09 Å². The van der Waals surface area contributed by atoms with Gasteiger partial charge in [0.05, 0.1) is 5.56 Å². The average molecular weight is 245 g/mol. The summed E-state index contributed by atoms with van der Waals surface area (Å²) in [5, 5.41) is 11.2. The lowest BCUT2D eigenvalue weighted by atomic mass is 10.2. The van der Waals surface area contributed by atoms with E-state index in [9.17, 15) is 9.36 Å². The van der Waals surface area contributed by atoms with Crippen molar-refractivity contribution in [2.24, 2.45) is 0 Å². The second kappa shape index (κ2) is 5.12. The van der Waals surface area contributed by atoms with Crippen LogP contribution in [-0.4, -0.2) is 25.3 Å². The monoisotopic (exact) mass is 245 g/mol. The zero-order valence-electron chi connectivity index (χ0n) is 8.84. The number of hydrogen-bond acceptors (Lipinski definition) is 4. The van der Waals surface area contributed by atoms with Crippen molar-refractivity contribution in [1.82, 2.24) is 0 Å². The van der Waals surface area contributed by atoms with E-state index in [0.29, 0.717) is 5.69 Å². The summed E-state index contributed by atoms with van der Waals surface area (Å²) < 4.78 is 21.0. The predicted molar refractivity (Wildman–Crippen MR) is 58.6 cm³/mol. The highest BCUT2D eigenvalue weighted by atomic mass is 31.2. The highest BCUT2D eigenvalue weighted by molar-refractivity contribution is 7.55. The van der Waals surface area contributed by atoms with Gasteiger partial charge >= 0.3 is 13.7 Å². The van der Waals surface area contributed by atoms with E-state index in [-0.39, 0.29) is 5.56 Å². The van der Waals surface area contributed by atoms with Crippen LogP contribution in [0.3, 0.4) is 0 Å². The molecule has 2 N–H and O–H groups in total. The highest BCUT2D eigenvalue weighted by Gasteiger charge is 2.20. The molecule has 0 atom stereocenters. The Morgan fingerprint density at radius 1 is 1.25 bits per heavy atom. The Morgan fingerprint density at radius 2 is 1.75 bits per heavy atom. The molecule has 0 unspecified atom stereocenters. The van der Waals surface area contributed by atoms with E-state index >= 15 is 0 Å². The smallest absolute Gasteiger partial charge is 0.432 e. The molecule has 6 nitrogen and oxygen atoms in total. The largest absolute Gasteiger partial charge is 0.478 e. The van der Waals surface area contributed by atoms with Crippen molar-refractivity contribution in [1.29, 1.82) is 0 Å². The van der Waals surface area contributed by atoms with E-state index in [1.54, 1.807) is 0 Å². The zero-order chi connectivity index (χ0) is 12.2. The van der Waals surface area contributed by atoms with Crippen molar-refractivity contribution < 1.29 is 23.5 Å². The van der Waals surface area contributed by atoms with Crippen molar-refractivity contribution in [2.75, 3.05) is 19.3 Å². The van der Waals surface area contributed by atoms with Crippen LogP contribution in [0, 0.1) is 0 Å². The van der Waals surface area contributed by atoms with Crippen LogP contribution in [0.5, 0.6) is 0 Å². The zero-order valence-corrected chi connectivity index (χ0v) is 9.73. The first-order valence-electron chi connectivity index (χ1n) is 4.34. The molecule has 1 aromatic rings. The highest BCUT2D eigenvalue weighted by Crippen LogP contribution is 2.45. The molecule has 0 saturated heterocycles. The molecule has 0 bridgehead atoms. The minimum absolute atomic E-state index is 0.148. The van der Waals surface area contributed by atoms with Crippen molar-refractivity contribution in [2.45, 2.75) is 0 Å². The third-order valence-electron chi connectivity index (χ3n) is 1.88. The summed E-state index contributed by atoms with van der Waals surface area (Å²) in [6, 6.07) is 5.74. The summed E-state index contributed by atoms with van der Waals surface area (Å²) in [7, 11) is -0.834. The number of anilines is 1. The number of benzene rings is 1. The predicted octanol–water partition coefficient (Wildman–Crippen LogP) is 2.20. The first-order chi connectivity index (χ1) is 7.50. The van der Waals surface area contributed by atoms with Crippen molar-refractivity contribution >= 4 is 19.4 Å². The molecule has 0 aliphatic carbocycles. The molecule has 0 aromatic heterocycles. The normalized spacial score (nSPS) is 11.1. The maximum atomic E-state index is 11.7. The number of aromatic carboxylic acids is 1. The number of carbonyl (C=O) groups is 1. The van der Waals surface area contributed by atoms with Gasteiger partial charge in [0.1, 0.15) is 0 Å². The van der Waals surface area contributed by atoms with Crippen molar-refractivity contribution in [3.8, 4) is 0 Å². The van der Waals surface area contributed by atoms with Gasteiger partial charge in [0.15, 0.2) is 0 Å². The van der Waals surface area contributed by atoms with Crippen LogP contribution in [0.2, 0.25) is 0 Å². The molecule has 1 rings (SSSR count). The van der Waals surface area contributed by atoms with Gasteiger partial charge in [-0.2, -0.15) is 0 Å². The molecule has 16 heavy (non-hydrogen) atoms. The lowest BCUT2D eigenvalue weighted by Gasteiger charge is -2.15. The van der Waals surface area contributed by atoms with Gasteiger partial charge in [0.25, 0.3) is 0 Å². The standard InChI is InChI=1S/C9H12NO5P/c1-14-16(13,15-2)10-8-5-3-7(4-6-8)9(11)12/h3-6H,1-2H3,(H,10,13)(H,11,12). The van der Waals surface area contributed by atoms with E-state index in [1.807, 2.05) is 0 Å². The topological polar surface area (TPSA) is 84.9 Å². The lowest BCUT2D eigenvalue weighted by molar-refractivity contribution is 0.0697. The Kier molecular flexibility index (Phi) is 4.06. The molecule has 0 aliphatic heterocycles. The number of carboxylic acid groups (broad SMARTS) is 1. The third-order valence-corrected chi connectivity index (χ3v) is 3.37. The Morgan fingerprint density at radius 3 is 2.12 bits per heavy atom. The molecule has 1 aromatic carbocycles. The number of carboxylic acids is 1. The summed E-state index contributed by atoms with van der Waals surface area (Å²) in [5.74, 6) is -1.02. The number of hydrogen-bond donors (Lipinski definition) is 2. The molecule has 0 amide bonds. The van der Waals surface area contributed by atoms with Crippen molar-refractivity contribution in [3.63, 3.8) is 0 Å². The van der Waals surface area contributed by atoms with Gasteiger partial charge in [0, 0.05) is 19.9 Å². The van der Waals surface area contributed by atoms with Crippen LogP contribution in [0.1, 0.15) is 10.4 Å². The van der Waals surface area contributed by atoms with Crippen LogP contribution >= 0.6 is 7.75 Å². The van der Waals surface area contributed by atoms with Crippen LogP contribution in [-0.2, 0) is 13.6 Å². The van der Waals surface area contributed by atoms with E-state index in [2.05, 4.69) is 14.1 Å². The molecule has 0 aliphatic rings. The summed E-state index contributed by atoms with van der Waals surface area (Å²) in [4.78, 5) is 10.6. The second-order valence-corrected chi connectivity index (χ2v) is 4.81. The SMILES string of the molecule is COP(=O)(Nc1ccc(C(=O)O)cc1)OC. The summed E-state index contributed by atoms with van der Waals surface area (Å²) in [6.45, 7) is 0. The number of nitrogens with one attached hydrogen (secondary N) is 1. The Bertz CT molecular complexity index is 408. The van der Waals surface area contributed by atoms with Gasteiger partial charge in [-0.1, -0.05) is 0 Å². The molecule has 7 heteroatoms. The fourth-order valence-corrected chi connectivity index (χ4v) is 1.81. The molecular weight excluding hydrogens is 233 g/mol. The molecule has 0 radical (unpaired) electrons. The first-order valence-corrected chi connectivity index (χ1v) is 5.88. The van der Waals surface area contributed by atoms with Crippen molar-refractivity contribution in [3.05, 3.63) is 29.8 Å². The molecule has 88 valence electrons. The molecule has 0 heterocycles. The van der Waals surface area contributed by atoms with E-state index in [0.717, 1.165) is 0 Å². The number of rotatable bonds is 5. The minimum atomic E-state index is -3.34. The molecule has 0 fully saturated rings. The van der Waals surface area contributed by atoms with Gasteiger partial charge in [-0.3, -0.25) is 14.1 Å². The fraction of sp³-hybridized carbons (Fsp3) is 0.222. The summed E-state index contributed by atoms with van der Waals surface area (Å²) in [6.07, 6.45) is 0. The maximum absolute atomic E-state index is 11.7. The quantitative estimate of drug-likeness (QED) is 0.773.